The number of hydrogen-bond donors (Lipinski definition) is 1. The zero-order valence-electron chi connectivity index (χ0n) is 13.9. The fourth-order valence-corrected chi connectivity index (χ4v) is 4.95. The van der Waals surface area contributed by atoms with E-state index < -0.39 is 11.8 Å². The molecule has 3 aliphatic rings. The van der Waals surface area contributed by atoms with Crippen LogP contribution in [-0.2, 0) is 11.2 Å². The van der Waals surface area contributed by atoms with Gasteiger partial charge in [0.2, 0.25) is 0 Å². The molecule has 1 aromatic rings. The van der Waals surface area contributed by atoms with E-state index in [-0.39, 0.29) is 11.7 Å². The van der Waals surface area contributed by atoms with Crippen molar-refractivity contribution in [2.24, 2.45) is 17.3 Å². The number of benzene rings is 1. The standard InChI is InChI=1S/C18H22O2/c1-18-9-8-14-13-5-3-12(19)10-11(13)2-4-15(14)16(18)6-7-17(18)20/h3,5,10,14-16,19H,2,4,6-9H2,1H3/t14-,15-,16+,18+/m1/s1/i7D2. The van der Waals surface area contributed by atoms with Gasteiger partial charge in [-0.2, -0.15) is 0 Å². The van der Waals surface area contributed by atoms with Gasteiger partial charge in [0.25, 0.3) is 0 Å². The van der Waals surface area contributed by atoms with E-state index in [1.807, 2.05) is 19.1 Å². The maximum absolute atomic E-state index is 12.5. The van der Waals surface area contributed by atoms with Crippen molar-refractivity contribution >= 4 is 5.78 Å². The Balaban J connectivity index is 1.74. The number of aryl methyl sites for hydroxylation is 1. The van der Waals surface area contributed by atoms with Gasteiger partial charge in [-0.25, -0.2) is 0 Å². The first-order valence-corrected chi connectivity index (χ1v) is 7.70. The molecule has 0 amide bonds. The second kappa shape index (κ2) is 4.09. The quantitative estimate of drug-likeness (QED) is 0.779. The second-order valence-corrected chi connectivity index (χ2v) is 6.96. The van der Waals surface area contributed by atoms with Crippen molar-refractivity contribution in [1.29, 1.82) is 0 Å². The van der Waals surface area contributed by atoms with Gasteiger partial charge in [0.1, 0.15) is 11.5 Å². The van der Waals surface area contributed by atoms with Crippen molar-refractivity contribution in [3.05, 3.63) is 29.3 Å². The van der Waals surface area contributed by atoms with Gasteiger partial charge in [-0.1, -0.05) is 13.0 Å². The molecule has 2 nitrogen and oxygen atoms in total. The molecule has 3 aliphatic carbocycles. The molecule has 0 heterocycles. The number of phenolic OH excluding ortho intramolecular Hbond substituents is 1. The normalized spacial score (nSPS) is 43.0. The molecule has 0 radical (unpaired) electrons. The lowest BCUT2D eigenvalue weighted by Gasteiger charge is -2.48. The number of aromatic hydroxyl groups is 1. The molecule has 1 N–H and O–H groups in total. The number of Topliss-reactive ketones (excluding diaryl/α,β-unsaturated/α-hetero) is 1. The van der Waals surface area contributed by atoms with Gasteiger partial charge in [-0.15, -0.1) is 0 Å². The average Bonchev–Trinajstić information content (AvgIpc) is 2.66. The van der Waals surface area contributed by atoms with Gasteiger partial charge >= 0.3 is 0 Å². The Kier molecular flexibility index (Phi) is 2.13. The molecular formula is C18H22O2. The third-order valence-corrected chi connectivity index (χ3v) is 6.10. The van der Waals surface area contributed by atoms with Crippen molar-refractivity contribution in [2.75, 3.05) is 0 Å². The maximum Gasteiger partial charge on any atom is 0.139 e. The lowest BCUT2D eigenvalue weighted by atomic mass is 9.55. The first-order valence-electron chi connectivity index (χ1n) is 8.70. The van der Waals surface area contributed by atoms with Gasteiger partial charge < -0.3 is 5.11 Å². The molecule has 2 fully saturated rings. The first-order chi connectivity index (χ1) is 10.3. The van der Waals surface area contributed by atoms with Crippen molar-refractivity contribution < 1.29 is 12.6 Å². The van der Waals surface area contributed by atoms with Crippen LogP contribution in [0, 0.1) is 17.3 Å². The molecule has 4 atom stereocenters. The zero-order valence-corrected chi connectivity index (χ0v) is 11.9. The molecule has 2 heteroatoms. The summed E-state index contributed by atoms with van der Waals surface area (Å²) in [6.45, 7) is 1.99. The van der Waals surface area contributed by atoms with E-state index in [1.54, 1.807) is 6.07 Å². The van der Waals surface area contributed by atoms with E-state index >= 15 is 0 Å². The minimum atomic E-state index is -1.65. The molecule has 0 saturated heterocycles. The van der Waals surface area contributed by atoms with Crippen LogP contribution < -0.4 is 0 Å². The highest BCUT2D eigenvalue weighted by molar-refractivity contribution is 5.87. The molecule has 106 valence electrons. The van der Waals surface area contributed by atoms with Crippen LogP contribution in [0.1, 0.15) is 58.8 Å². The van der Waals surface area contributed by atoms with Gasteiger partial charge in [0, 0.05) is 14.5 Å². The molecule has 4 rings (SSSR count). The predicted octanol–water partition coefficient (Wildman–Crippen LogP) is 3.82. The van der Waals surface area contributed by atoms with Crippen LogP contribution in [0.15, 0.2) is 18.2 Å². The first kappa shape index (κ1) is 10.4. The Morgan fingerprint density at radius 1 is 1.35 bits per heavy atom. The molecular weight excluding hydrogens is 248 g/mol. The summed E-state index contributed by atoms with van der Waals surface area (Å²) in [6, 6.07) is 5.67. The summed E-state index contributed by atoms with van der Waals surface area (Å²) in [6.07, 6.45) is 2.41. The molecule has 20 heavy (non-hydrogen) atoms. The summed E-state index contributed by atoms with van der Waals surface area (Å²) >= 11 is 0. The average molecular weight is 272 g/mol. The van der Waals surface area contributed by atoms with Crippen LogP contribution in [-0.4, -0.2) is 10.9 Å². The summed E-state index contributed by atoms with van der Waals surface area (Å²) in [4.78, 5) is 12.5. The number of carbonyl (C=O) groups excluding carboxylic acids is 1. The number of carbonyl (C=O) groups is 1. The minimum absolute atomic E-state index is 0.163. The smallest absolute Gasteiger partial charge is 0.139 e. The molecule has 0 bridgehead atoms. The highest BCUT2D eigenvalue weighted by Gasteiger charge is 2.54. The van der Waals surface area contributed by atoms with Gasteiger partial charge in [-0.3, -0.25) is 4.79 Å². The number of fused-ring (bicyclic) bond motifs is 5. The Bertz CT molecular complexity index is 654. The topological polar surface area (TPSA) is 37.3 Å². The molecule has 0 unspecified atom stereocenters. The largest absolute Gasteiger partial charge is 0.508 e. The van der Waals surface area contributed by atoms with Crippen molar-refractivity contribution in [3.63, 3.8) is 0 Å². The van der Waals surface area contributed by atoms with Crippen molar-refractivity contribution in [1.82, 2.24) is 0 Å². The Labute approximate surface area is 123 Å². The van der Waals surface area contributed by atoms with E-state index in [9.17, 15) is 9.90 Å². The fraction of sp³-hybridized carbons (Fsp3) is 0.611. The van der Waals surface area contributed by atoms with Crippen LogP contribution >= 0.6 is 0 Å². The molecule has 2 saturated carbocycles. The summed E-state index contributed by atoms with van der Waals surface area (Å²) in [5.41, 5.74) is 2.08. The summed E-state index contributed by atoms with van der Waals surface area (Å²) in [5.74, 6) is 1.14. The fourth-order valence-electron chi connectivity index (χ4n) is 4.95. The van der Waals surface area contributed by atoms with Gasteiger partial charge in [0.15, 0.2) is 0 Å². The van der Waals surface area contributed by atoms with E-state index in [0.717, 1.165) is 25.7 Å². The van der Waals surface area contributed by atoms with E-state index in [0.29, 0.717) is 24.0 Å². The van der Waals surface area contributed by atoms with Crippen LogP contribution in [0.2, 0.25) is 0 Å². The Morgan fingerprint density at radius 3 is 3.05 bits per heavy atom. The Hall–Kier alpha value is -1.31. The molecule has 0 aromatic heterocycles. The van der Waals surface area contributed by atoms with Crippen LogP contribution in [0.3, 0.4) is 0 Å². The summed E-state index contributed by atoms with van der Waals surface area (Å²) in [5, 5.41) is 9.68. The summed E-state index contributed by atoms with van der Waals surface area (Å²) < 4.78 is 16.2. The molecule has 0 spiro atoms. The Morgan fingerprint density at radius 2 is 2.20 bits per heavy atom. The van der Waals surface area contributed by atoms with E-state index in [4.69, 9.17) is 2.74 Å². The van der Waals surface area contributed by atoms with Gasteiger partial charge in [0.05, 0.1) is 0 Å². The number of phenols is 1. The number of rotatable bonds is 0. The number of ketones is 1. The maximum atomic E-state index is 12.5. The predicted molar refractivity (Wildman–Crippen MR) is 77.7 cm³/mol. The molecule has 1 aromatic carbocycles. The van der Waals surface area contributed by atoms with Crippen molar-refractivity contribution in [2.45, 2.75) is 51.3 Å². The van der Waals surface area contributed by atoms with Crippen LogP contribution in [0.4, 0.5) is 0 Å². The van der Waals surface area contributed by atoms with Crippen LogP contribution in [0.25, 0.3) is 0 Å². The second-order valence-electron chi connectivity index (χ2n) is 6.96. The summed E-state index contributed by atoms with van der Waals surface area (Å²) in [7, 11) is 0. The van der Waals surface area contributed by atoms with Crippen LogP contribution in [0.5, 0.6) is 5.75 Å². The highest BCUT2D eigenvalue weighted by atomic mass is 16.3. The lowest BCUT2D eigenvalue weighted by Crippen LogP contribution is -2.42. The lowest BCUT2D eigenvalue weighted by molar-refractivity contribution is -0.129. The van der Waals surface area contributed by atoms with E-state index in [1.165, 1.54) is 11.1 Å². The molecule has 0 aliphatic heterocycles. The monoisotopic (exact) mass is 272 g/mol. The SMILES string of the molecule is [2H]C1([2H])C[C@H]2[C@@H]3CCc4cc(O)ccc4[C@H]3CC[C@]2(C)C1=O. The van der Waals surface area contributed by atoms with Crippen molar-refractivity contribution in [3.8, 4) is 5.75 Å². The third kappa shape index (κ3) is 1.54. The highest BCUT2D eigenvalue weighted by Crippen LogP contribution is 2.59. The zero-order chi connectivity index (χ0) is 15.7. The minimum Gasteiger partial charge on any atom is -0.508 e. The third-order valence-electron chi connectivity index (χ3n) is 6.10. The van der Waals surface area contributed by atoms with E-state index in [2.05, 4.69) is 0 Å². The number of hydrogen-bond acceptors (Lipinski definition) is 2. The van der Waals surface area contributed by atoms with Gasteiger partial charge in [-0.05, 0) is 73.1 Å².